The van der Waals surface area contributed by atoms with Gasteiger partial charge in [0.2, 0.25) is 0 Å². The van der Waals surface area contributed by atoms with Gasteiger partial charge in [-0.2, -0.15) is 22.7 Å². The fourth-order valence-corrected chi connectivity index (χ4v) is 3.47. The predicted molar refractivity (Wildman–Crippen MR) is 89.6 cm³/mol. The Morgan fingerprint density at radius 2 is 1.87 bits per heavy atom. The Morgan fingerprint density at radius 3 is 2.48 bits per heavy atom. The molecule has 0 spiro atoms. The molecule has 0 saturated heterocycles. The topological polar surface area (TPSA) is 74.1 Å². The number of nitrogens with zero attached hydrogens (tertiary/aromatic N) is 3. The lowest BCUT2D eigenvalue weighted by atomic mass is 10.1. The Kier molecular flexibility index (Phi) is 4.63. The average Bonchev–Trinajstić information content (AvgIpc) is 3.22. The van der Waals surface area contributed by atoms with Gasteiger partial charge in [-0.05, 0) is 29.8 Å². The molecule has 0 unspecified atom stereocenters. The molecule has 0 saturated carbocycles. The monoisotopic (exact) mass is 347 g/mol. The van der Waals surface area contributed by atoms with Crippen molar-refractivity contribution in [1.82, 2.24) is 14.8 Å². The number of thiophene rings is 2. The first-order chi connectivity index (χ1) is 11.2. The van der Waals surface area contributed by atoms with E-state index in [4.69, 9.17) is 4.74 Å². The zero-order valence-corrected chi connectivity index (χ0v) is 13.9. The third-order valence-corrected chi connectivity index (χ3v) is 4.51. The van der Waals surface area contributed by atoms with Crippen LogP contribution >= 0.6 is 22.7 Å². The minimum atomic E-state index is -0.571. The normalized spacial score (nSPS) is 10.7. The van der Waals surface area contributed by atoms with E-state index in [2.05, 4.69) is 10.2 Å². The largest absolute Gasteiger partial charge is 0.465 e. The maximum absolute atomic E-state index is 12.2. The number of hydrogen-bond acceptors (Lipinski definition) is 7. The lowest BCUT2D eigenvalue weighted by Gasteiger charge is -2.13. The first-order valence-corrected chi connectivity index (χ1v) is 8.77. The summed E-state index contributed by atoms with van der Waals surface area (Å²) in [5.74, 6) is -0.477. The molecule has 8 heteroatoms. The van der Waals surface area contributed by atoms with Crippen molar-refractivity contribution >= 4 is 28.6 Å². The predicted octanol–water partition coefficient (Wildman–Crippen LogP) is 2.66. The summed E-state index contributed by atoms with van der Waals surface area (Å²) >= 11 is 3.04. The van der Waals surface area contributed by atoms with Gasteiger partial charge in [0.05, 0.1) is 12.3 Å². The number of carbonyl (C=O) groups excluding carboxylic acids is 1. The first kappa shape index (κ1) is 15.6. The average molecular weight is 347 g/mol. The Labute approximate surface area is 140 Å². The van der Waals surface area contributed by atoms with Crippen molar-refractivity contribution in [3.63, 3.8) is 0 Å². The minimum Gasteiger partial charge on any atom is -0.465 e. The van der Waals surface area contributed by atoms with Gasteiger partial charge in [-0.25, -0.2) is 4.79 Å². The van der Waals surface area contributed by atoms with E-state index in [0.29, 0.717) is 11.4 Å². The van der Waals surface area contributed by atoms with Gasteiger partial charge in [-0.3, -0.25) is 9.36 Å². The van der Waals surface area contributed by atoms with E-state index in [9.17, 15) is 9.59 Å². The smallest absolute Gasteiger partial charge is 0.367 e. The Morgan fingerprint density at radius 1 is 1.17 bits per heavy atom. The minimum absolute atomic E-state index is 0.190. The van der Waals surface area contributed by atoms with E-state index in [-0.39, 0.29) is 13.2 Å². The van der Waals surface area contributed by atoms with Crippen LogP contribution in [0.5, 0.6) is 0 Å². The maximum atomic E-state index is 12.2. The van der Waals surface area contributed by atoms with E-state index in [1.165, 1.54) is 27.2 Å². The molecular formula is C15H13N3O3S2. The molecule has 0 N–H and O–H groups in total. The Balaban J connectivity index is 2.19. The summed E-state index contributed by atoms with van der Waals surface area (Å²) < 4.78 is 6.28. The number of esters is 1. The third-order valence-electron chi connectivity index (χ3n) is 3.14. The lowest BCUT2D eigenvalue weighted by molar-refractivity contribution is -0.143. The highest BCUT2D eigenvalue weighted by molar-refractivity contribution is 7.08. The third kappa shape index (κ3) is 3.22. The molecule has 3 rings (SSSR count). The SMILES string of the molecule is CCOC(=O)Cn1c(-c2ccsc2)c(-c2ccsc2)nnc1=O. The van der Waals surface area contributed by atoms with Gasteiger partial charge in [-0.15, -0.1) is 5.10 Å². The van der Waals surface area contributed by atoms with Crippen LogP contribution in [0.3, 0.4) is 0 Å². The second-order valence-corrected chi connectivity index (χ2v) is 6.16. The highest BCUT2D eigenvalue weighted by Gasteiger charge is 2.19. The van der Waals surface area contributed by atoms with Crippen LogP contribution < -0.4 is 5.69 Å². The van der Waals surface area contributed by atoms with Crippen molar-refractivity contribution in [1.29, 1.82) is 0 Å². The summed E-state index contributed by atoms with van der Waals surface area (Å²) in [7, 11) is 0. The number of hydrogen-bond donors (Lipinski definition) is 0. The molecule has 0 aliphatic carbocycles. The molecule has 6 nitrogen and oxygen atoms in total. The number of rotatable bonds is 5. The lowest BCUT2D eigenvalue weighted by Crippen LogP contribution is -2.30. The summed E-state index contributed by atoms with van der Waals surface area (Å²) in [6, 6.07) is 3.79. The van der Waals surface area contributed by atoms with Crippen LogP contribution in [0.4, 0.5) is 0 Å². The standard InChI is InChI=1S/C15H13N3O3S2/c1-2-21-12(19)7-18-14(11-4-6-23-9-11)13(16-17-15(18)20)10-3-5-22-8-10/h3-6,8-9H,2,7H2,1H3. The molecule has 0 aromatic carbocycles. The van der Waals surface area contributed by atoms with Crippen molar-refractivity contribution in [2.24, 2.45) is 0 Å². The summed E-state index contributed by atoms with van der Waals surface area (Å²) in [4.78, 5) is 24.0. The van der Waals surface area contributed by atoms with Crippen LogP contribution in [0.2, 0.25) is 0 Å². The number of aromatic nitrogens is 3. The van der Waals surface area contributed by atoms with Gasteiger partial charge in [-0.1, -0.05) is 5.10 Å². The number of carbonyl (C=O) groups is 1. The number of ether oxygens (including phenoxy) is 1. The quantitative estimate of drug-likeness (QED) is 0.663. The molecule has 0 aliphatic rings. The van der Waals surface area contributed by atoms with Crippen molar-refractivity contribution in [2.75, 3.05) is 6.61 Å². The van der Waals surface area contributed by atoms with Crippen LogP contribution in [-0.4, -0.2) is 27.3 Å². The van der Waals surface area contributed by atoms with E-state index in [0.717, 1.165) is 11.1 Å². The summed E-state index contributed by atoms with van der Waals surface area (Å²) in [6.45, 7) is 1.80. The van der Waals surface area contributed by atoms with Crippen molar-refractivity contribution in [2.45, 2.75) is 13.5 Å². The van der Waals surface area contributed by atoms with Crippen LogP contribution in [0, 0.1) is 0 Å². The highest BCUT2D eigenvalue weighted by atomic mass is 32.1. The van der Waals surface area contributed by atoms with Crippen molar-refractivity contribution in [3.05, 3.63) is 44.1 Å². The maximum Gasteiger partial charge on any atom is 0.367 e. The molecule has 0 aliphatic heterocycles. The molecule has 0 atom stereocenters. The molecule has 3 aromatic rings. The van der Waals surface area contributed by atoms with Gasteiger partial charge in [0.15, 0.2) is 0 Å². The Hall–Kier alpha value is -2.32. The Bertz CT molecular complexity index is 855. The summed E-state index contributed by atoms with van der Waals surface area (Å²) in [6.07, 6.45) is 0. The molecule has 23 heavy (non-hydrogen) atoms. The van der Waals surface area contributed by atoms with Gasteiger partial charge in [0.1, 0.15) is 12.2 Å². The molecule has 3 aromatic heterocycles. The second kappa shape index (κ2) is 6.84. The molecule has 118 valence electrons. The van der Waals surface area contributed by atoms with Gasteiger partial charge in [0.25, 0.3) is 0 Å². The zero-order chi connectivity index (χ0) is 16.2. The molecule has 0 amide bonds. The van der Waals surface area contributed by atoms with E-state index in [1.807, 2.05) is 33.7 Å². The van der Waals surface area contributed by atoms with Crippen LogP contribution in [-0.2, 0) is 16.1 Å². The molecule has 0 bridgehead atoms. The fourth-order valence-electron chi connectivity index (χ4n) is 2.19. The summed E-state index contributed by atoms with van der Waals surface area (Å²) in [5.41, 5.74) is 2.28. The first-order valence-electron chi connectivity index (χ1n) is 6.89. The van der Waals surface area contributed by atoms with E-state index < -0.39 is 11.7 Å². The van der Waals surface area contributed by atoms with Crippen LogP contribution in [0.1, 0.15) is 6.92 Å². The highest BCUT2D eigenvalue weighted by Crippen LogP contribution is 2.31. The second-order valence-electron chi connectivity index (χ2n) is 4.60. The van der Waals surface area contributed by atoms with Crippen molar-refractivity contribution in [3.8, 4) is 22.5 Å². The molecule has 0 fully saturated rings. The fraction of sp³-hybridized carbons (Fsp3) is 0.200. The van der Waals surface area contributed by atoms with Crippen LogP contribution in [0.25, 0.3) is 22.5 Å². The van der Waals surface area contributed by atoms with Gasteiger partial charge < -0.3 is 4.74 Å². The summed E-state index contributed by atoms with van der Waals surface area (Å²) in [5, 5.41) is 15.4. The van der Waals surface area contributed by atoms with E-state index in [1.54, 1.807) is 6.92 Å². The zero-order valence-electron chi connectivity index (χ0n) is 12.3. The molecule has 3 heterocycles. The van der Waals surface area contributed by atoms with Crippen molar-refractivity contribution < 1.29 is 9.53 Å². The van der Waals surface area contributed by atoms with Gasteiger partial charge >= 0.3 is 11.7 Å². The van der Waals surface area contributed by atoms with Gasteiger partial charge in [0, 0.05) is 21.9 Å². The molecular weight excluding hydrogens is 334 g/mol. The van der Waals surface area contributed by atoms with E-state index >= 15 is 0 Å². The van der Waals surface area contributed by atoms with Crippen LogP contribution in [0.15, 0.2) is 38.4 Å². The molecule has 0 radical (unpaired) electrons.